The Morgan fingerprint density at radius 1 is 1.57 bits per heavy atom. The van der Waals surface area contributed by atoms with E-state index in [0.717, 1.165) is 5.75 Å². The summed E-state index contributed by atoms with van der Waals surface area (Å²) in [5, 5.41) is 0.239. The third kappa shape index (κ3) is 7.08. The molecule has 0 aromatic rings. The zero-order valence-electron chi connectivity index (χ0n) is 10.4. The molecule has 0 aliphatic carbocycles. The van der Waals surface area contributed by atoms with E-state index < -0.39 is 10.1 Å². The fourth-order valence-corrected chi connectivity index (χ4v) is 2.35. The summed E-state index contributed by atoms with van der Waals surface area (Å²) in [6, 6.07) is 0. The van der Waals surface area contributed by atoms with Crippen LogP contribution in [0, 0.1) is 0 Å². The van der Waals surface area contributed by atoms with Crippen molar-refractivity contribution < 1.29 is 74.6 Å². The smallest absolute Gasteiger partial charge is 1.00 e. The molecule has 0 atom stereocenters. The van der Waals surface area contributed by atoms with E-state index in [1.165, 1.54) is 11.8 Å². The topological polar surface area (TPSA) is 81.8 Å². The second kappa shape index (κ2) is 8.83. The number of hydrogen-bond donors (Lipinski definition) is 1. The minimum absolute atomic E-state index is 0. The molecule has 0 bridgehead atoms. The largest absolute Gasteiger partial charge is 1.00 e. The van der Waals surface area contributed by atoms with Gasteiger partial charge in [0.15, 0.2) is 0 Å². The van der Waals surface area contributed by atoms with Crippen molar-refractivity contribution in [1.82, 2.24) is 0 Å². The first-order valence-electron chi connectivity index (χ1n) is 3.43. The van der Waals surface area contributed by atoms with Crippen LogP contribution in [0.1, 0.15) is 2.85 Å². The van der Waals surface area contributed by atoms with Crippen LogP contribution in [0.3, 0.4) is 0 Å². The van der Waals surface area contributed by atoms with E-state index in [4.69, 9.17) is 5.73 Å². The van der Waals surface area contributed by atoms with Gasteiger partial charge in [0.25, 0.3) is 5.23 Å². The third-order valence-corrected chi connectivity index (χ3v) is 3.22. The van der Waals surface area contributed by atoms with Gasteiger partial charge >= 0.3 is 69.2 Å². The predicted octanol–water partition coefficient (Wildman–Crippen LogP) is -6.37. The van der Waals surface area contributed by atoms with E-state index in [1.54, 1.807) is 0 Å². The Bertz CT molecular complexity index is 289. The number of aliphatic imine (C=N–C) groups is 1. The Hall–Kier alpha value is 1.73. The van der Waals surface area contributed by atoms with Crippen LogP contribution < -0.4 is 64.8 Å². The normalized spacial score (nSPS) is 15.1. The summed E-state index contributed by atoms with van der Waals surface area (Å²) >= 11 is 1.30. The van der Waals surface area contributed by atoms with Crippen molar-refractivity contribution in [2.24, 2.45) is 10.7 Å². The van der Waals surface area contributed by atoms with Gasteiger partial charge in [0.2, 0.25) is 0 Å². The molecule has 1 aliphatic rings. The van der Waals surface area contributed by atoms with Gasteiger partial charge < -0.3 is 12.8 Å². The van der Waals surface area contributed by atoms with Crippen LogP contribution in [0.5, 0.6) is 0 Å². The first-order chi connectivity index (χ1) is 5.64. The van der Waals surface area contributed by atoms with Gasteiger partial charge in [0.1, 0.15) is 0 Å². The van der Waals surface area contributed by atoms with Crippen molar-refractivity contribution >= 4 is 27.1 Å². The predicted molar refractivity (Wildman–Crippen MR) is 50.9 cm³/mol. The second-order valence-corrected chi connectivity index (χ2v) is 4.87. The SMILES string of the molecule is NCCS(=O)(=O)OC1=NCCS1.[H-].[H-].[Na+].[Na+]. The van der Waals surface area contributed by atoms with Crippen molar-refractivity contribution in [1.29, 1.82) is 0 Å². The monoisotopic (exact) mass is 258 g/mol. The summed E-state index contributed by atoms with van der Waals surface area (Å²) in [5.74, 6) is 0.625. The van der Waals surface area contributed by atoms with Crippen molar-refractivity contribution in [2.75, 3.05) is 24.6 Å². The van der Waals surface area contributed by atoms with E-state index in [2.05, 4.69) is 9.18 Å². The van der Waals surface area contributed by atoms with Crippen LogP contribution in [0.15, 0.2) is 4.99 Å². The number of nitrogens with zero attached hydrogens (tertiary/aromatic N) is 1. The molecule has 14 heavy (non-hydrogen) atoms. The van der Waals surface area contributed by atoms with E-state index in [-0.39, 0.29) is 79.5 Å². The Balaban J connectivity index is -0.000000180. The van der Waals surface area contributed by atoms with Crippen molar-refractivity contribution in [2.45, 2.75) is 0 Å². The molecule has 1 aliphatic heterocycles. The second-order valence-electron chi connectivity index (χ2n) is 2.13. The molecular formula is C5H12N2Na2O3S2. The van der Waals surface area contributed by atoms with Crippen LogP contribution >= 0.6 is 11.8 Å². The molecule has 2 N–H and O–H groups in total. The van der Waals surface area contributed by atoms with Crippen molar-refractivity contribution in [3.8, 4) is 0 Å². The van der Waals surface area contributed by atoms with Gasteiger partial charge in [-0.3, -0.25) is 0 Å². The Labute approximate surface area is 135 Å². The molecule has 0 amide bonds. The van der Waals surface area contributed by atoms with Gasteiger partial charge in [-0.2, -0.15) is 8.42 Å². The summed E-state index contributed by atoms with van der Waals surface area (Å²) < 4.78 is 26.6. The summed E-state index contributed by atoms with van der Waals surface area (Å²) in [4.78, 5) is 3.84. The third-order valence-electron chi connectivity index (χ3n) is 1.12. The maximum atomic E-state index is 11.0. The van der Waals surface area contributed by atoms with Gasteiger partial charge in [0, 0.05) is 12.3 Å². The molecule has 0 saturated carbocycles. The average molecular weight is 258 g/mol. The van der Waals surface area contributed by atoms with E-state index in [1.807, 2.05) is 0 Å². The summed E-state index contributed by atoms with van der Waals surface area (Å²) in [6.45, 7) is 0.693. The fourth-order valence-electron chi connectivity index (χ4n) is 0.661. The van der Waals surface area contributed by atoms with Gasteiger partial charge in [-0.1, -0.05) is 11.8 Å². The minimum Gasteiger partial charge on any atom is -1.00 e. The van der Waals surface area contributed by atoms with E-state index in [0.29, 0.717) is 6.54 Å². The van der Waals surface area contributed by atoms with Crippen LogP contribution in [0.25, 0.3) is 0 Å². The standard InChI is InChI=1S/C5H10N2O3S2.2Na.2H/c6-1-4-12(8,9)10-5-7-2-3-11-5;;;;/h1-4,6H2;;;;/q;2*+1;2*-1. The molecular weight excluding hydrogens is 246 g/mol. The van der Waals surface area contributed by atoms with Crippen molar-refractivity contribution in [3.05, 3.63) is 0 Å². The zero-order chi connectivity index (χ0) is 9.03. The summed E-state index contributed by atoms with van der Waals surface area (Å²) in [7, 11) is -3.49. The maximum absolute atomic E-state index is 11.0. The summed E-state index contributed by atoms with van der Waals surface area (Å²) in [6.07, 6.45) is 0. The molecule has 1 heterocycles. The number of rotatable bonds is 3. The number of thioether (sulfide) groups is 1. The molecule has 0 fully saturated rings. The van der Waals surface area contributed by atoms with Crippen molar-refractivity contribution in [3.63, 3.8) is 0 Å². The van der Waals surface area contributed by atoms with Crippen LogP contribution in [0.4, 0.5) is 0 Å². The van der Waals surface area contributed by atoms with Gasteiger partial charge in [-0.15, -0.1) is 0 Å². The first-order valence-corrected chi connectivity index (χ1v) is 6.00. The Kier molecular flexibility index (Phi) is 11.4. The molecule has 0 aromatic carbocycles. The maximum Gasteiger partial charge on any atom is 1.00 e. The number of nitrogens with two attached hydrogens (primary N) is 1. The molecule has 74 valence electrons. The van der Waals surface area contributed by atoms with E-state index >= 15 is 0 Å². The van der Waals surface area contributed by atoms with Gasteiger partial charge in [-0.05, 0) is 0 Å². The summed E-state index contributed by atoms with van der Waals surface area (Å²) in [5.41, 5.74) is 5.08. The molecule has 0 unspecified atom stereocenters. The zero-order valence-corrected chi connectivity index (χ0v) is 14.0. The molecule has 0 spiro atoms. The van der Waals surface area contributed by atoms with Crippen LogP contribution in [0.2, 0.25) is 0 Å². The molecule has 5 nitrogen and oxygen atoms in total. The average Bonchev–Trinajstić information content (AvgIpc) is 2.38. The number of hydrogen-bond acceptors (Lipinski definition) is 6. The van der Waals surface area contributed by atoms with Gasteiger partial charge in [-0.25, -0.2) is 4.99 Å². The first kappa shape index (κ1) is 18.1. The van der Waals surface area contributed by atoms with E-state index in [9.17, 15) is 8.42 Å². The van der Waals surface area contributed by atoms with Crippen LogP contribution in [-0.4, -0.2) is 38.2 Å². The minimum atomic E-state index is -3.49. The molecule has 0 aromatic heterocycles. The molecule has 9 heteroatoms. The molecule has 1 rings (SSSR count). The quantitative estimate of drug-likeness (QED) is 0.402. The molecule has 0 radical (unpaired) electrons. The van der Waals surface area contributed by atoms with Crippen LogP contribution in [-0.2, 0) is 14.3 Å². The molecule has 0 saturated heterocycles. The fraction of sp³-hybridized carbons (Fsp3) is 0.800. The Morgan fingerprint density at radius 3 is 2.64 bits per heavy atom. The van der Waals surface area contributed by atoms with Gasteiger partial charge in [0.05, 0.1) is 12.3 Å². The Morgan fingerprint density at radius 2 is 2.21 bits per heavy atom.